The molecule has 3 rings (SSSR count). The van der Waals surface area contributed by atoms with Crippen molar-refractivity contribution in [2.45, 2.75) is 25.2 Å². The number of nitrogens with zero attached hydrogens (tertiary/aromatic N) is 2. The predicted octanol–water partition coefficient (Wildman–Crippen LogP) is 2.63. The van der Waals surface area contributed by atoms with Crippen LogP contribution in [0.5, 0.6) is 0 Å². The zero-order valence-corrected chi connectivity index (χ0v) is 17.7. The SMILES string of the molecule is CCC(=O)N1CCN(C(=O)c2ccccc2NS(=O)(=O)c2ccc(F)c(C)c2)CC1. The standard InChI is InChI=1S/C21H24FN3O4S/c1-3-20(26)24-10-12-25(13-11-24)21(27)17-6-4-5-7-19(17)23-30(28,29)16-8-9-18(22)15(2)14-16/h4-9,14,23H,3,10-13H2,1-2H3. The Kier molecular flexibility index (Phi) is 6.40. The first-order valence-electron chi connectivity index (χ1n) is 9.68. The number of amides is 2. The molecule has 0 atom stereocenters. The summed E-state index contributed by atoms with van der Waals surface area (Å²) < 4.78 is 41.5. The topological polar surface area (TPSA) is 86.8 Å². The van der Waals surface area contributed by atoms with Crippen molar-refractivity contribution in [1.29, 1.82) is 0 Å². The molecule has 1 heterocycles. The zero-order chi connectivity index (χ0) is 21.9. The molecular formula is C21H24FN3O4S. The normalized spacial score (nSPS) is 14.5. The molecule has 1 N–H and O–H groups in total. The van der Waals surface area contributed by atoms with Gasteiger partial charge >= 0.3 is 0 Å². The van der Waals surface area contributed by atoms with Crippen molar-refractivity contribution >= 4 is 27.5 Å². The van der Waals surface area contributed by atoms with E-state index in [4.69, 9.17) is 0 Å². The lowest BCUT2D eigenvalue weighted by Gasteiger charge is -2.35. The van der Waals surface area contributed by atoms with Crippen molar-refractivity contribution in [3.05, 3.63) is 59.4 Å². The minimum atomic E-state index is -4.00. The monoisotopic (exact) mass is 433 g/mol. The number of nitrogens with one attached hydrogen (secondary N) is 1. The summed E-state index contributed by atoms with van der Waals surface area (Å²) in [5, 5.41) is 0. The molecule has 2 aromatic rings. The van der Waals surface area contributed by atoms with Crippen LogP contribution in [-0.2, 0) is 14.8 Å². The van der Waals surface area contributed by atoms with Crippen LogP contribution in [-0.4, -0.2) is 56.2 Å². The summed E-state index contributed by atoms with van der Waals surface area (Å²) in [6, 6.07) is 9.87. The molecule has 9 heteroatoms. The van der Waals surface area contributed by atoms with E-state index in [0.29, 0.717) is 32.6 Å². The van der Waals surface area contributed by atoms with Crippen molar-refractivity contribution in [1.82, 2.24) is 9.80 Å². The quantitative estimate of drug-likeness (QED) is 0.785. The highest BCUT2D eigenvalue weighted by atomic mass is 32.2. The molecule has 30 heavy (non-hydrogen) atoms. The zero-order valence-electron chi connectivity index (χ0n) is 16.9. The number of hydrogen-bond donors (Lipinski definition) is 1. The molecule has 2 aromatic carbocycles. The lowest BCUT2D eigenvalue weighted by atomic mass is 10.1. The highest BCUT2D eigenvalue weighted by Crippen LogP contribution is 2.23. The Labute approximate surface area is 175 Å². The molecule has 0 unspecified atom stereocenters. The van der Waals surface area contributed by atoms with Gasteiger partial charge in [0, 0.05) is 32.6 Å². The number of benzene rings is 2. The molecule has 160 valence electrons. The van der Waals surface area contributed by atoms with Crippen molar-refractivity contribution in [3.8, 4) is 0 Å². The highest BCUT2D eigenvalue weighted by Gasteiger charge is 2.26. The first kappa shape index (κ1) is 21.8. The lowest BCUT2D eigenvalue weighted by Crippen LogP contribution is -2.50. The van der Waals surface area contributed by atoms with Crippen LogP contribution < -0.4 is 4.72 Å². The van der Waals surface area contributed by atoms with Crippen molar-refractivity contribution in [2.24, 2.45) is 0 Å². The van der Waals surface area contributed by atoms with Gasteiger partial charge in [-0.05, 0) is 42.8 Å². The molecule has 0 aliphatic carbocycles. The average Bonchev–Trinajstić information content (AvgIpc) is 2.74. The summed E-state index contributed by atoms with van der Waals surface area (Å²) in [5.74, 6) is -0.762. The first-order chi connectivity index (χ1) is 14.2. The van der Waals surface area contributed by atoms with Gasteiger partial charge in [-0.1, -0.05) is 19.1 Å². The Balaban J connectivity index is 1.80. The molecule has 1 saturated heterocycles. The van der Waals surface area contributed by atoms with Crippen molar-refractivity contribution in [2.75, 3.05) is 30.9 Å². The summed E-state index contributed by atoms with van der Waals surface area (Å²) in [6.07, 6.45) is 0.418. The van der Waals surface area contributed by atoms with Gasteiger partial charge in [0.05, 0.1) is 16.1 Å². The van der Waals surface area contributed by atoms with Crippen LogP contribution in [0.1, 0.15) is 29.3 Å². The fourth-order valence-corrected chi connectivity index (χ4v) is 4.46. The van der Waals surface area contributed by atoms with Crippen LogP contribution in [0.25, 0.3) is 0 Å². The van der Waals surface area contributed by atoms with Gasteiger partial charge in [0.1, 0.15) is 5.82 Å². The van der Waals surface area contributed by atoms with Gasteiger partial charge in [0.15, 0.2) is 0 Å². The molecule has 0 bridgehead atoms. The number of halogens is 1. The Morgan fingerprint density at radius 3 is 2.30 bits per heavy atom. The summed E-state index contributed by atoms with van der Waals surface area (Å²) in [4.78, 5) is 28.1. The minimum absolute atomic E-state index is 0.0462. The summed E-state index contributed by atoms with van der Waals surface area (Å²) in [7, 11) is -4.00. The van der Waals surface area contributed by atoms with Crippen LogP contribution in [0, 0.1) is 12.7 Å². The lowest BCUT2D eigenvalue weighted by molar-refractivity contribution is -0.132. The van der Waals surface area contributed by atoms with Gasteiger partial charge in [-0.2, -0.15) is 0 Å². The van der Waals surface area contributed by atoms with Gasteiger partial charge in [-0.25, -0.2) is 12.8 Å². The first-order valence-corrected chi connectivity index (χ1v) is 11.2. The number of para-hydroxylation sites is 1. The summed E-state index contributed by atoms with van der Waals surface area (Å²) >= 11 is 0. The van der Waals surface area contributed by atoms with Crippen molar-refractivity contribution < 1.29 is 22.4 Å². The molecule has 1 aliphatic rings. The molecule has 0 spiro atoms. The maximum atomic E-state index is 13.5. The van der Waals surface area contributed by atoms with E-state index >= 15 is 0 Å². The maximum absolute atomic E-state index is 13.5. The van der Waals surface area contributed by atoms with E-state index in [1.165, 1.54) is 25.1 Å². The average molecular weight is 434 g/mol. The number of carbonyl (C=O) groups excluding carboxylic acids is 2. The van der Waals surface area contributed by atoms with E-state index in [0.717, 1.165) is 6.07 Å². The number of hydrogen-bond acceptors (Lipinski definition) is 4. The van der Waals surface area contributed by atoms with Crippen LogP contribution in [0.2, 0.25) is 0 Å². The van der Waals surface area contributed by atoms with Crippen molar-refractivity contribution in [3.63, 3.8) is 0 Å². The molecule has 0 aromatic heterocycles. The molecule has 2 amide bonds. The number of anilines is 1. The number of rotatable bonds is 5. The predicted molar refractivity (Wildman–Crippen MR) is 111 cm³/mol. The number of carbonyl (C=O) groups is 2. The smallest absolute Gasteiger partial charge is 0.261 e. The minimum Gasteiger partial charge on any atom is -0.339 e. The van der Waals surface area contributed by atoms with E-state index in [1.54, 1.807) is 34.9 Å². The van der Waals surface area contributed by atoms with E-state index in [2.05, 4.69) is 4.72 Å². The van der Waals surface area contributed by atoms with E-state index in [9.17, 15) is 22.4 Å². The largest absolute Gasteiger partial charge is 0.339 e. The van der Waals surface area contributed by atoms with Crippen LogP contribution in [0.3, 0.4) is 0 Å². The third kappa shape index (κ3) is 4.62. The Bertz CT molecular complexity index is 1060. The molecule has 0 saturated carbocycles. The van der Waals surface area contributed by atoms with Gasteiger partial charge in [0.25, 0.3) is 15.9 Å². The van der Waals surface area contributed by atoms with E-state index < -0.39 is 15.8 Å². The Hall–Kier alpha value is -2.94. The van der Waals surface area contributed by atoms with Gasteiger partial charge in [-0.15, -0.1) is 0 Å². The van der Waals surface area contributed by atoms with Crippen LogP contribution >= 0.6 is 0 Å². The fourth-order valence-electron chi connectivity index (χ4n) is 3.30. The maximum Gasteiger partial charge on any atom is 0.261 e. The highest BCUT2D eigenvalue weighted by molar-refractivity contribution is 7.92. The molecule has 1 fully saturated rings. The Morgan fingerprint density at radius 1 is 1.03 bits per heavy atom. The molecule has 7 nitrogen and oxygen atoms in total. The number of aryl methyl sites for hydroxylation is 1. The molecular weight excluding hydrogens is 409 g/mol. The van der Waals surface area contributed by atoms with Crippen LogP contribution in [0.15, 0.2) is 47.4 Å². The molecule has 1 aliphatic heterocycles. The van der Waals surface area contributed by atoms with Gasteiger partial charge < -0.3 is 9.80 Å². The van der Waals surface area contributed by atoms with Gasteiger partial charge in [0.2, 0.25) is 5.91 Å². The molecule has 0 radical (unpaired) electrons. The van der Waals surface area contributed by atoms with Gasteiger partial charge in [-0.3, -0.25) is 14.3 Å². The second kappa shape index (κ2) is 8.83. The number of sulfonamides is 1. The second-order valence-corrected chi connectivity index (χ2v) is 8.77. The van der Waals surface area contributed by atoms with Crippen LogP contribution in [0.4, 0.5) is 10.1 Å². The third-order valence-electron chi connectivity index (χ3n) is 5.06. The second-order valence-electron chi connectivity index (χ2n) is 7.09. The fraction of sp³-hybridized carbons (Fsp3) is 0.333. The summed E-state index contributed by atoms with van der Waals surface area (Å²) in [6.45, 7) is 4.92. The van der Waals surface area contributed by atoms with E-state index in [1.807, 2.05) is 0 Å². The summed E-state index contributed by atoms with van der Waals surface area (Å²) in [5.41, 5.74) is 0.577. The Morgan fingerprint density at radius 2 is 1.67 bits per heavy atom. The number of piperazine rings is 1. The third-order valence-corrected chi connectivity index (χ3v) is 6.43. The van der Waals surface area contributed by atoms with E-state index in [-0.39, 0.29) is 33.5 Å².